The van der Waals surface area contributed by atoms with Crippen LogP contribution in [0.1, 0.15) is 67.7 Å². The molecule has 7 nitrogen and oxygen atoms in total. The zero-order valence-corrected chi connectivity index (χ0v) is 20.0. The van der Waals surface area contributed by atoms with Gasteiger partial charge in [-0.3, -0.25) is 0 Å². The molecule has 3 aliphatic rings. The molecule has 0 aromatic rings. The number of rotatable bonds is 4. The average molecular weight is 447 g/mol. The van der Waals surface area contributed by atoms with Crippen molar-refractivity contribution in [2.24, 2.45) is 5.92 Å². The summed E-state index contributed by atoms with van der Waals surface area (Å²) in [7, 11) is 0. The van der Waals surface area contributed by atoms with E-state index < -0.39 is 47.2 Å². The van der Waals surface area contributed by atoms with Crippen LogP contribution in [0.3, 0.4) is 0 Å². The number of epoxide rings is 1. The van der Waals surface area contributed by atoms with Crippen molar-refractivity contribution in [1.29, 1.82) is 0 Å². The third-order valence-electron chi connectivity index (χ3n) is 7.00. The lowest BCUT2D eigenvalue weighted by Gasteiger charge is -2.34. The predicted octanol–water partition coefficient (Wildman–Crippen LogP) is 3.96. The van der Waals surface area contributed by atoms with Gasteiger partial charge in [0, 0.05) is 17.6 Å². The van der Waals surface area contributed by atoms with Gasteiger partial charge in [0.15, 0.2) is 0 Å². The first-order chi connectivity index (χ1) is 14.9. The maximum Gasteiger partial charge on any atom is 0.351 e. The minimum Gasteiger partial charge on any atom is -0.459 e. The Morgan fingerprint density at radius 2 is 1.75 bits per heavy atom. The van der Waals surface area contributed by atoms with Crippen LogP contribution >= 0.6 is 0 Å². The van der Waals surface area contributed by atoms with Crippen LogP contribution < -0.4 is 0 Å². The molecular formula is C25H34O7. The van der Waals surface area contributed by atoms with Gasteiger partial charge in [-0.25, -0.2) is 14.4 Å². The van der Waals surface area contributed by atoms with E-state index in [-0.39, 0.29) is 6.10 Å². The highest BCUT2D eigenvalue weighted by molar-refractivity contribution is 5.92. The first-order valence-corrected chi connectivity index (χ1v) is 11.2. The number of esters is 3. The molecule has 0 saturated carbocycles. The maximum atomic E-state index is 13.1. The molecule has 0 aromatic heterocycles. The fourth-order valence-corrected chi connectivity index (χ4v) is 4.52. The Balaban J connectivity index is 2.06. The van der Waals surface area contributed by atoms with E-state index in [9.17, 15) is 14.4 Å². The molecule has 2 fully saturated rings. The highest BCUT2D eigenvalue weighted by atomic mass is 16.6. The standard InChI is InChI=1S/C25H34O7/c1-8-15(4)21(26)29-17-12-14(3)10-11-19-24(6,31-19)13-18-20(17)25(7,23(28)30-18)32-22(27)16(5)9-2/h8-9,12,17-20H,10-11,13H2,1-7H3. The van der Waals surface area contributed by atoms with E-state index in [0.29, 0.717) is 17.6 Å². The van der Waals surface area contributed by atoms with Crippen LogP contribution in [0, 0.1) is 5.92 Å². The van der Waals surface area contributed by atoms with E-state index in [1.165, 1.54) is 0 Å². The number of hydrogen-bond donors (Lipinski definition) is 0. The van der Waals surface area contributed by atoms with Crippen LogP contribution in [0.25, 0.3) is 0 Å². The van der Waals surface area contributed by atoms with Gasteiger partial charge in [-0.05, 0) is 67.4 Å². The van der Waals surface area contributed by atoms with E-state index in [4.69, 9.17) is 18.9 Å². The Morgan fingerprint density at radius 3 is 2.38 bits per heavy atom. The van der Waals surface area contributed by atoms with E-state index in [1.54, 1.807) is 46.8 Å². The van der Waals surface area contributed by atoms with E-state index >= 15 is 0 Å². The van der Waals surface area contributed by atoms with Crippen molar-refractivity contribution in [3.8, 4) is 0 Å². The molecule has 7 heteroatoms. The number of allylic oxidation sites excluding steroid dienone is 3. The second-order valence-corrected chi connectivity index (χ2v) is 9.45. The van der Waals surface area contributed by atoms with Crippen molar-refractivity contribution in [3.63, 3.8) is 0 Å². The molecule has 2 aliphatic heterocycles. The van der Waals surface area contributed by atoms with Crippen LogP contribution in [0.2, 0.25) is 0 Å². The second kappa shape index (κ2) is 8.85. The van der Waals surface area contributed by atoms with Crippen molar-refractivity contribution < 1.29 is 33.3 Å². The lowest BCUT2D eigenvalue weighted by Crippen LogP contribution is -2.50. The second-order valence-electron chi connectivity index (χ2n) is 9.45. The number of fused-ring (bicyclic) bond motifs is 2. The Kier molecular flexibility index (Phi) is 6.70. The molecule has 32 heavy (non-hydrogen) atoms. The minimum absolute atomic E-state index is 0.0780. The summed E-state index contributed by atoms with van der Waals surface area (Å²) in [5.41, 5.74) is -0.196. The van der Waals surface area contributed by atoms with Gasteiger partial charge in [-0.15, -0.1) is 0 Å². The number of carbonyl (C=O) groups is 3. The van der Waals surface area contributed by atoms with Gasteiger partial charge in [0.1, 0.15) is 12.2 Å². The molecule has 2 heterocycles. The summed E-state index contributed by atoms with van der Waals surface area (Å²) >= 11 is 0. The highest BCUT2D eigenvalue weighted by Crippen LogP contribution is 2.50. The quantitative estimate of drug-likeness (QED) is 0.212. The SMILES string of the molecule is CC=C(C)C(=O)OC1C=C(C)CCC2OC2(C)CC2OC(=O)C(C)(OC(=O)C(C)=CC)C12. The van der Waals surface area contributed by atoms with Crippen LogP contribution in [0.4, 0.5) is 0 Å². The maximum absolute atomic E-state index is 13.1. The Morgan fingerprint density at radius 1 is 1.12 bits per heavy atom. The fraction of sp³-hybridized carbons (Fsp3) is 0.640. The summed E-state index contributed by atoms with van der Waals surface area (Å²) in [4.78, 5) is 38.5. The molecule has 0 radical (unpaired) electrons. The largest absolute Gasteiger partial charge is 0.459 e. The third kappa shape index (κ3) is 4.53. The van der Waals surface area contributed by atoms with Crippen LogP contribution in [0.15, 0.2) is 34.9 Å². The summed E-state index contributed by atoms with van der Waals surface area (Å²) in [6.45, 7) is 12.3. The predicted molar refractivity (Wildman–Crippen MR) is 117 cm³/mol. The van der Waals surface area contributed by atoms with Crippen LogP contribution in [-0.4, -0.2) is 47.4 Å². The molecule has 0 N–H and O–H groups in total. The summed E-state index contributed by atoms with van der Waals surface area (Å²) in [6, 6.07) is 0. The summed E-state index contributed by atoms with van der Waals surface area (Å²) in [5, 5.41) is 0. The molecule has 176 valence electrons. The van der Waals surface area contributed by atoms with Gasteiger partial charge >= 0.3 is 17.9 Å². The number of hydrogen-bond acceptors (Lipinski definition) is 7. The first-order valence-electron chi connectivity index (χ1n) is 11.2. The zero-order chi connectivity index (χ0) is 23.8. The monoisotopic (exact) mass is 446 g/mol. The van der Waals surface area contributed by atoms with Gasteiger partial charge in [-0.1, -0.05) is 17.7 Å². The van der Waals surface area contributed by atoms with Crippen molar-refractivity contribution in [3.05, 3.63) is 34.9 Å². The molecule has 0 bridgehead atoms. The molecule has 0 spiro atoms. The lowest BCUT2D eigenvalue weighted by molar-refractivity contribution is -0.174. The van der Waals surface area contributed by atoms with Crippen molar-refractivity contribution in [2.45, 2.75) is 97.2 Å². The molecule has 3 rings (SSSR count). The normalized spacial score (nSPS) is 37.5. The van der Waals surface area contributed by atoms with E-state index in [1.807, 2.05) is 19.9 Å². The van der Waals surface area contributed by atoms with Crippen molar-refractivity contribution in [1.82, 2.24) is 0 Å². The zero-order valence-electron chi connectivity index (χ0n) is 20.0. The fourth-order valence-electron chi connectivity index (χ4n) is 4.52. The molecular weight excluding hydrogens is 412 g/mol. The highest BCUT2D eigenvalue weighted by Gasteiger charge is 2.64. The van der Waals surface area contributed by atoms with Gasteiger partial charge in [0.2, 0.25) is 5.60 Å². The molecule has 0 aromatic carbocycles. The van der Waals surface area contributed by atoms with E-state index in [0.717, 1.165) is 18.4 Å². The summed E-state index contributed by atoms with van der Waals surface area (Å²) < 4.78 is 23.4. The average Bonchev–Trinajstić information content (AvgIpc) is 3.31. The van der Waals surface area contributed by atoms with Crippen molar-refractivity contribution in [2.75, 3.05) is 0 Å². The third-order valence-corrected chi connectivity index (χ3v) is 7.00. The van der Waals surface area contributed by atoms with Crippen LogP contribution in [-0.2, 0) is 33.3 Å². The van der Waals surface area contributed by atoms with Gasteiger partial charge in [0.25, 0.3) is 0 Å². The summed E-state index contributed by atoms with van der Waals surface area (Å²) in [5.74, 6) is -2.44. The number of carbonyl (C=O) groups excluding carboxylic acids is 3. The van der Waals surface area contributed by atoms with Gasteiger partial charge < -0.3 is 18.9 Å². The minimum atomic E-state index is -1.61. The summed E-state index contributed by atoms with van der Waals surface area (Å²) in [6.07, 6.45) is 5.84. The topological polar surface area (TPSA) is 91.4 Å². The van der Waals surface area contributed by atoms with Gasteiger partial charge in [0.05, 0.1) is 17.6 Å². The Hall–Kier alpha value is -2.41. The van der Waals surface area contributed by atoms with E-state index in [2.05, 4.69) is 0 Å². The Labute approximate surface area is 189 Å². The van der Waals surface area contributed by atoms with Gasteiger partial charge in [-0.2, -0.15) is 0 Å². The molecule has 2 saturated heterocycles. The lowest BCUT2D eigenvalue weighted by atomic mass is 9.77. The number of ether oxygens (including phenoxy) is 4. The first kappa shape index (κ1) is 24.2. The Bertz CT molecular complexity index is 898. The molecule has 6 unspecified atom stereocenters. The van der Waals surface area contributed by atoms with Crippen LogP contribution in [0.5, 0.6) is 0 Å². The van der Waals surface area contributed by atoms with Crippen molar-refractivity contribution >= 4 is 17.9 Å². The molecule has 0 amide bonds. The molecule has 6 atom stereocenters. The molecule has 1 aliphatic carbocycles. The smallest absolute Gasteiger partial charge is 0.351 e.